The molecular weight excluding hydrogens is 494 g/mol. The van der Waals surface area contributed by atoms with Crippen LogP contribution in [0.25, 0.3) is 32.9 Å². The molecule has 0 bridgehead atoms. The number of fused-ring (bicyclic) bond motifs is 2. The highest BCUT2D eigenvalue weighted by Crippen LogP contribution is 2.37. The molecule has 0 aliphatic carbocycles. The van der Waals surface area contributed by atoms with Gasteiger partial charge in [-0.2, -0.15) is 0 Å². The number of aryl methyl sites for hydroxylation is 1. The Kier molecular flexibility index (Phi) is 6.65. The molecule has 2 aliphatic heterocycles. The first-order valence-electron chi connectivity index (χ1n) is 12.8. The van der Waals surface area contributed by atoms with Crippen molar-refractivity contribution in [2.45, 2.75) is 31.5 Å². The summed E-state index contributed by atoms with van der Waals surface area (Å²) in [5.74, 6) is 0.800. The van der Waals surface area contributed by atoms with Gasteiger partial charge in [-0.1, -0.05) is 41.9 Å². The number of alkyl halides is 1. The number of likely N-dealkylation sites (tertiary alicyclic amines) is 1. The Balaban J connectivity index is 1.46. The number of piperazine rings is 1. The van der Waals surface area contributed by atoms with Crippen LogP contribution in [0.4, 0.5) is 14.6 Å². The minimum Gasteiger partial charge on any atom is -0.353 e. The summed E-state index contributed by atoms with van der Waals surface area (Å²) in [6.45, 7) is 3.64. The number of hydrogen-bond acceptors (Lipinski definition) is 6. The number of anilines is 1. The number of pyridine rings is 1. The molecule has 0 radical (unpaired) electrons. The molecule has 4 heterocycles. The molecule has 37 heavy (non-hydrogen) atoms. The first kappa shape index (κ1) is 24.4. The topological polar surface area (TPSA) is 57.2 Å². The molecule has 6 rings (SSSR count). The Morgan fingerprint density at radius 2 is 1.89 bits per heavy atom. The maximum Gasteiger partial charge on any atom is 0.175 e. The van der Waals surface area contributed by atoms with Crippen LogP contribution in [0.2, 0.25) is 5.02 Å². The van der Waals surface area contributed by atoms with Gasteiger partial charge in [0, 0.05) is 67.4 Å². The third-order valence-electron chi connectivity index (χ3n) is 7.57. The second kappa shape index (κ2) is 10.1. The molecule has 6 nitrogen and oxygen atoms in total. The van der Waals surface area contributed by atoms with Gasteiger partial charge in [0.1, 0.15) is 29.0 Å². The van der Waals surface area contributed by atoms with E-state index in [0.29, 0.717) is 47.0 Å². The molecule has 0 saturated carbocycles. The first-order chi connectivity index (χ1) is 18.0. The molecule has 4 aromatic rings. The summed E-state index contributed by atoms with van der Waals surface area (Å²) in [6.07, 6.45) is 2.67. The standard InChI is InChI=1S/C28H29ClF2N6/c1-36-16-18(30)14-19(36)8-9-23-34-27-21(28(35-23)37-12-10-32-11-13-37)15-33-26(25(27)31)20-6-2-4-17-5-3-7-22(29)24(17)20/h2-7,15,18-19,32H,8-14,16H2,1H3/t18-,19-/m1/s1. The second-order valence-electron chi connectivity index (χ2n) is 9.99. The van der Waals surface area contributed by atoms with Crippen molar-refractivity contribution in [3.8, 4) is 11.3 Å². The van der Waals surface area contributed by atoms with Gasteiger partial charge in [0.05, 0.1) is 5.39 Å². The van der Waals surface area contributed by atoms with Gasteiger partial charge in [0.2, 0.25) is 0 Å². The van der Waals surface area contributed by atoms with E-state index in [0.717, 1.165) is 43.4 Å². The van der Waals surface area contributed by atoms with Crippen LogP contribution >= 0.6 is 11.6 Å². The molecule has 2 saturated heterocycles. The zero-order valence-corrected chi connectivity index (χ0v) is 21.5. The maximum atomic E-state index is 16.3. The van der Waals surface area contributed by atoms with Crippen molar-refractivity contribution in [2.75, 3.05) is 44.7 Å². The van der Waals surface area contributed by atoms with Crippen LogP contribution in [-0.2, 0) is 6.42 Å². The van der Waals surface area contributed by atoms with E-state index in [2.05, 4.69) is 20.1 Å². The van der Waals surface area contributed by atoms with Gasteiger partial charge in [-0.3, -0.25) is 4.98 Å². The van der Waals surface area contributed by atoms with E-state index in [9.17, 15) is 4.39 Å². The summed E-state index contributed by atoms with van der Waals surface area (Å²) >= 11 is 6.54. The number of benzene rings is 2. The van der Waals surface area contributed by atoms with Crippen molar-refractivity contribution >= 4 is 39.1 Å². The van der Waals surface area contributed by atoms with Crippen LogP contribution < -0.4 is 10.2 Å². The zero-order chi connectivity index (χ0) is 25.5. The fourth-order valence-corrected chi connectivity index (χ4v) is 5.93. The number of hydrogen-bond donors (Lipinski definition) is 1. The van der Waals surface area contributed by atoms with E-state index < -0.39 is 12.0 Å². The van der Waals surface area contributed by atoms with Crippen molar-refractivity contribution in [1.29, 1.82) is 0 Å². The predicted octanol–water partition coefficient (Wildman–Crippen LogP) is 5.02. The highest BCUT2D eigenvalue weighted by Gasteiger charge is 2.29. The monoisotopic (exact) mass is 522 g/mol. The van der Waals surface area contributed by atoms with Crippen LogP contribution in [0.15, 0.2) is 42.6 Å². The SMILES string of the molecule is CN1C[C@H](F)C[C@H]1CCc1nc(N2CCNCC2)c2cnc(-c3cccc4cccc(Cl)c34)c(F)c2n1. The quantitative estimate of drug-likeness (QED) is 0.397. The lowest BCUT2D eigenvalue weighted by Gasteiger charge is -2.29. The molecule has 192 valence electrons. The molecule has 2 aliphatic rings. The number of rotatable bonds is 5. The van der Waals surface area contributed by atoms with Crippen LogP contribution in [0.1, 0.15) is 18.7 Å². The highest BCUT2D eigenvalue weighted by atomic mass is 35.5. The Bertz CT molecular complexity index is 1450. The summed E-state index contributed by atoms with van der Waals surface area (Å²) < 4.78 is 30.2. The summed E-state index contributed by atoms with van der Waals surface area (Å²) in [6, 6.07) is 11.4. The minimum atomic E-state index is -0.803. The van der Waals surface area contributed by atoms with Crippen molar-refractivity contribution in [3.63, 3.8) is 0 Å². The minimum absolute atomic E-state index is 0.132. The van der Waals surface area contributed by atoms with Crippen LogP contribution in [-0.4, -0.2) is 71.8 Å². The molecule has 2 atom stereocenters. The molecule has 1 N–H and O–H groups in total. The lowest BCUT2D eigenvalue weighted by molar-refractivity contribution is 0.285. The Morgan fingerprint density at radius 3 is 2.65 bits per heavy atom. The number of nitrogens with one attached hydrogen (secondary N) is 1. The molecular formula is C28H29ClF2N6. The molecule has 0 spiro atoms. The number of aromatic nitrogens is 3. The fourth-order valence-electron chi connectivity index (χ4n) is 5.64. The smallest absolute Gasteiger partial charge is 0.175 e. The third kappa shape index (κ3) is 4.62. The number of nitrogens with zero attached hydrogens (tertiary/aromatic N) is 5. The van der Waals surface area contributed by atoms with Crippen LogP contribution in [0, 0.1) is 5.82 Å². The Hall–Kier alpha value is -2.94. The average molecular weight is 523 g/mol. The van der Waals surface area contributed by atoms with Gasteiger partial charge < -0.3 is 15.1 Å². The zero-order valence-electron chi connectivity index (χ0n) is 20.7. The van der Waals surface area contributed by atoms with Gasteiger partial charge >= 0.3 is 0 Å². The van der Waals surface area contributed by atoms with E-state index in [1.165, 1.54) is 0 Å². The summed E-state index contributed by atoms with van der Waals surface area (Å²) in [5, 5.41) is 6.18. The molecule has 2 aromatic carbocycles. The number of halogens is 3. The summed E-state index contributed by atoms with van der Waals surface area (Å²) in [7, 11) is 1.95. The van der Waals surface area contributed by atoms with Gasteiger partial charge in [0.15, 0.2) is 5.82 Å². The molecule has 2 fully saturated rings. The van der Waals surface area contributed by atoms with Crippen molar-refractivity contribution < 1.29 is 8.78 Å². The van der Waals surface area contributed by atoms with E-state index in [-0.39, 0.29) is 17.3 Å². The van der Waals surface area contributed by atoms with E-state index in [1.807, 2.05) is 37.4 Å². The average Bonchev–Trinajstić information content (AvgIpc) is 3.24. The van der Waals surface area contributed by atoms with Gasteiger partial charge in [-0.05, 0) is 31.3 Å². The normalized spacial score (nSPS) is 20.8. The second-order valence-corrected chi connectivity index (χ2v) is 10.4. The molecule has 0 amide bonds. The Morgan fingerprint density at radius 1 is 1.11 bits per heavy atom. The van der Waals surface area contributed by atoms with Gasteiger partial charge in [0.25, 0.3) is 0 Å². The maximum absolute atomic E-state index is 16.3. The summed E-state index contributed by atoms with van der Waals surface area (Å²) in [5.41, 5.74) is 1.11. The van der Waals surface area contributed by atoms with Crippen LogP contribution in [0.5, 0.6) is 0 Å². The molecule has 2 aromatic heterocycles. The van der Waals surface area contributed by atoms with Crippen molar-refractivity contribution in [3.05, 3.63) is 59.3 Å². The first-order valence-corrected chi connectivity index (χ1v) is 13.2. The lowest BCUT2D eigenvalue weighted by Crippen LogP contribution is -2.44. The lowest BCUT2D eigenvalue weighted by atomic mass is 10.0. The van der Waals surface area contributed by atoms with Gasteiger partial charge in [-0.25, -0.2) is 18.7 Å². The van der Waals surface area contributed by atoms with E-state index in [4.69, 9.17) is 21.6 Å². The van der Waals surface area contributed by atoms with Gasteiger partial charge in [-0.15, -0.1) is 0 Å². The van der Waals surface area contributed by atoms with E-state index >= 15 is 4.39 Å². The van der Waals surface area contributed by atoms with Crippen LogP contribution in [0.3, 0.4) is 0 Å². The molecule has 9 heteroatoms. The van der Waals surface area contributed by atoms with Crippen molar-refractivity contribution in [1.82, 2.24) is 25.2 Å². The summed E-state index contributed by atoms with van der Waals surface area (Å²) in [4.78, 5) is 18.4. The van der Waals surface area contributed by atoms with E-state index in [1.54, 1.807) is 12.3 Å². The third-order valence-corrected chi connectivity index (χ3v) is 7.89. The predicted molar refractivity (Wildman–Crippen MR) is 145 cm³/mol. The molecule has 0 unspecified atom stereocenters. The van der Waals surface area contributed by atoms with Crippen molar-refractivity contribution in [2.24, 2.45) is 0 Å². The highest BCUT2D eigenvalue weighted by molar-refractivity contribution is 6.36. The fraction of sp³-hybridized carbons (Fsp3) is 0.393. The largest absolute Gasteiger partial charge is 0.353 e. The Labute approximate surface area is 219 Å².